The van der Waals surface area contributed by atoms with E-state index in [0.717, 1.165) is 34.2 Å². The minimum Gasteiger partial charge on any atom is -0.493 e. The van der Waals surface area contributed by atoms with Crippen LogP contribution in [0, 0.1) is 5.41 Å². The lowest BCUT2D eigenvalue weighted by Gasteiger charge is -2.20. The van der Waals surface area contributed by atoms with Gasteiger partial charge in [-0.3, -0.25) is 10.2 Å². The monoisotopic (exact) mass is 484 g/mol. The lowest BCUT2D eigenvalue weighted by Crippen LogP contribution is -2.35. The van der Waals surface area contributed by atoms with Gasteiger partial charge in [-0.05, 0) is 64.7 Å². The van der Waals surface area contributed by atoms with Crippen molar-refractivity contribution in [3.63, 3.8) is 0 Å². The molecular formula is C27H24N4O3S. The number of aliphatic imine (C=N–C) groups is 1. The number of amides is 1. The number of hydrogen-bond acceptors (Lipinski definition) is 6. The highest BCUT2D eigenvalue weighted by atomic mass is 32.2. The third kappa shape index (κ3) is 4.57. The van der Waals surface area contributed by atoms with E-state index in [9.17, 15) is 4.79 Å². The highest BCUT2D eigenvalue weighted by Gasteiger charge is 2.35. The Kier molecular flexibility index (Phi) is 6.37. The van der Waals surface area contributed by atoms with Crippen molar-refractivity contribution in [1.29, 1.82) is 5.41 Å². The van der Waals surface area contributed by atoms with Crippen LogP contribution in [0.5, 0.6) is 11.5 Å². The Bertz CT molecular complexity index is 1420. The minimum atomic E-state index is -0.447. The molecule has 8 heteroatoms. The zero-order valence-electron chi connectivity index (χ0n) is 19.4. The van der Waals surface area contributed by atoms with Crippen molar-refractivity contribution >= 4 is 50.6 Å². The summed E-state index contributed by atoms with van der Waals surface area (Å²) in [4.78, 5) is 16.8. The van der Waals surface area contributed by atoms with Gasteiger partial charge in [0.05, 0.1) is 12.7 Å². The van der Waals surface area contributed by atoms with Gasteiger partial charge in [-0.1, -0.05) is 55.5 Å². The summed E-state index contributed by atoms with van der Waals surface area (Å²) in [5.41, 5.74) is 1.97. The van der Waals surface area contributed by atoms with Gasteiger partial charge in [0.25, 0.3) is 5.91 Å². The van der Waals surface area contributed by atoms with Gasteiger partial charge in [-0.25, -0.2) is 0 Å². The van der Waals surface area contributed by atoms with Crippen LogP contribution in [0.3, 0.4) is 0 Å². The maximum Gasteiger partial charge on any atom is 0.283 e. The molecular weight excluding hydrogens is 460 g/mol. The molecule has 1 N–H and O–H groups in total. The molecule has 0 unspecified atom stereocenters. The number of fused-ring (bicyclic) bond motifs is 2. The van der Waals surface area contributed by atoms with Crippen molar-refractivity contribution in [2.45, 2.75) is 26.4 Å². The number of benzene rings is 3. The number of methoxy groups -OCH3 is 1. The third-order valence-corrected chi connectivity index (χ3v) is 6.69. The van der Waals surface area contributed by atoms with Gasteiger partial charge >= 0.3 is 0 Å². The number of thioether (sulfide) groups is 1. The molecule has 0 spiro atoms. The lowest BCUT2D eigenvalue weighted by atomic mass is 10.1. The average molecular weight is 485 g/mol. The Morgan fingerprint density at radius 1 is 1.09 bits per heavy atom. The van der Waals surface area contributed by atoms with E-state index in [0.29, 0.717) is 28.8 Å². The topological polar surface area (TPSA) is 87.3 Å². The van der Waals surface area contributed by atoms with Crippen LogP contribution in [0.1, 0.15) is 30.9 Å². The Balaban J connectivity index is 1.37. The number of hydrogen-bond donors (Lipinski definition) is 1. The van der Waals surface area contributed by atoms with Gasteiger partial charge in [0.2, 0.25) is 5.17 Å². The number of amidine groups is 2. The second-order valence-electron chi connectivity index (χ2n) is 8.10. The average Bonchev–Trinajstić information content (AvgIpc) is 3.28. The van der Waals surface area contributed by atoms with Crippen LogP contribution in [-0.2, 0) is 11.4 Å². The summed E-state index contributed by atoms with van der Waals surface area (Å²) < 4.78 is 11.7. The molecule has 7 nitrogen and oxygen atoms in total. The molecule has 2 aliphatic rings. The minimum absolute atomic E-state index is 0.0221. The summed E-state index contributed by atoms with van der Waals surface area (Å²) in [5.74, 6) is 0.710. The van der Waals surface area contributed by atoms with Crippen molar-refractivity contribution in [3.05, 3.63) is 77.4 Å². The summed E-state index contributed by atoms with van der Waals surface area (Å²) in [6.45, 7) is 2.45. The van der Waals surface area contributed by atoms with E-state index in [1.165, 1.54) is 16.8 Å². The molecule has 0 saturated heterocycles. The molecule has 0 fully saturated rings. The van der Waals surface area contributed by atoms with E-state index in [2.05, 4.69) is 35.2 Å². The van der Waals surface area contributed by atoms with Gasteiger partial charge in [-0.2, -0.15) is 15.1 Å². The number of hydrazone groups is 1. The van der Waals surface area contributed by atoms with Gasteiger partial charge in [0.15, 0.2) is 17.3 Å². The van der Waals surface area contributed by atoms with Gasteiger partial charge < -0.3 is 9.47 Å². The smallest absolute Gasteiger partial charge is 0.283 e. The Morgan fingerprint density at radius 3 is 2.74 bits per heavy atom. The zero-order chi connectivity index (χ0) is 24.4. The first-order chi connectivity index (χ1) is 17.1. The summed E-state index contributed by atoms with van der Waals surface area (Å²) >= 11 is 1.35. The van der Waals surface area contributed by atoms with Crippen LogP contribution in [0.4, 0.5) is 0 Å². The highest BCUT2D eigenvalue weighted by Crippen LogP contribution is 2.33. The Morgan fingerprint density at radius 2 is 1.91 bits per heavy atom. The van der Waals surface area contributed by atoms with Crippen LogP contribution in [0.15, 0.2) is 76.3 Å². The molecule has 0 aliphatic carbocycles. The van der Waals surface area contributed by atoms with Crippen LogP contribution in [0.25, 0.3) is 16.8 Å². The predicted molar refractivity (Wildman–Crippen MR) is 141 cm³/mol. The fourth-order valence-corrected chi connectivity index (χ4v) is 4.97. The summed E-state index contributed by atoms with van der Waals surface area (Å²) in [5, 5.41) is 18.0. The Hall–Kier alpha value is -3.91. The van der Waals surface area contributed by atoms with E-state index in [-0.39, 0.29) is 11.4 Å². The highest BCUT2D eigenvalue weighted by molar-refractivity contribution is 8.26. The van der Waals surface area contributed by atoms with Crippen molar-refractivity contribution in [2.24, 2.45) is 10.1 Å². The van der Waals surface area contributed by atoms with Gasteiger partial charge in [0.1, 0.15) is 11.7 Å². The molecule has 176 valence electrons. The first-order valence-corrected chi connectivity index (χ1v) is 12.2. The molecule has 0 bridgehead atoms. The molecule has 0 saturated carbocycles. The fourth-order valence-electron chi connectivity index (χ4n) is 3.98. The van der Waals surface area contributed by atoms with Crippen LogP contribution in [0.2, 0.25) is 0 Å². The maximum atomic E-state index is 12.7. The third-order valence-electron chi connectivity index (χ3n) is 5.72. The van der Waals surface area contributed by atoms with E-state index in [1.807, 2.05) is 36.4 Å². The second kappa shape index (κ2) is 9.76. The molecule has 3 aromatic carbocycles. The number of nitrogens with zero attached hydrogens (tertiary/aromatic N) is 3. The standard InChI is InChI=1S/C27H24N4O3S/c1-3-7-24-30-31-25(28)21(26(32)29-27(31)35-24)14-17-12-13-22(23(15-17)33-2)34-16-19-10-6-9-18-8-4-5-11-20(18)19/h4-6,8-15,28H,3,7,16H2,1-2H3/b21-14+,28-25?. The second-order valence-corrected chi connectivity index (χ2v) is 9.14. The van der Waals surface area contributed by atoms with E-state index in [1.54, 1.807) is 19.3 Å². The van der Waals surface area contributed by atoms with Gasteiger partial charge in [0, 0.05) is 0 Å². The molecule has 1 amide bonds. The summed E-state index contributed by atoms with van der Waals surface area (Å²) in [7, 11) is 1.58. The van der Waals surface area contributed by atoms with Crippen molar-refractivity contribution in [1.82, 2.24) is 5.01 Å². The van der Waals surface area contributed by atoms with E-state index < -0.39 is 5.91 Å². The molecule has 3 aromatic rings. The van der Waals surface area contributed by atoms with Crippen LogP contribution >= 0.6 is 11.8 Å². The molecule has 35 heavy (non-hydrogen) atoms. The number of nitrogens with one attached hydrogen (secondary N) is 1. The normalized spacial score (nSPS) is 16.4. The first-order valence-electron chi connectivity index (χ1n) is 11.3. The molecule has 0 aromatic heterocycles. The number of carbonyl (C=O) groups excluding carboxylic acids is 1. The Labute approximate surface area is 207 Å². The predicted octanol–water partition coefficient (Wildman–Crippen LogP) is 5.85. The van der Waals surface area contributed by atoms with E-state index >= 15 is 0 Å². The summed E-state index contributed by atoms with van der Waals surface area (Å²) in [6, 6.07) is 19.8. The van der Waals surface area contributed by atoms with Crippen molar-refractivity contribution in [2.75, 3.05) is 7.11 Å². The molecule has 2 heterocycles. The van der Waals surface area contributed by atoms with Crippen molar-refractivity contribution < 1.29 is 14.3 Å². The van der Waals surface area contributed by atoms with Crippen molar-refractivity contribution in [3.8, 4) is 11.5 Å². The quantitative estimate of drug-likeness (QED) is 0.425. The molecule has 5 rings (SSSR count). The number of ether oxygens (including phenoxy) is 2. The summed E-state index contributed by atoms with van der Waals surface area (Å²) in [6.07, 6.45) is 3.36. The molecule has 0 radical (unpaired) electrons. The molecule has 2 aliphatic heterocycles. The molecule has 0 atom stereocenters. The van der Waals surface area contributed by atoms with Crippen LogP contribution < -0.4 is 9.47 Å². The SMILES string of the molecule is CCCC1=NN2C(=N)/C(=C\c3ccc(OCc4cccc5ccccc45)c(OC)c3)C(=O)N=C2S1. The number of rotatable bonds is 7. The van der Waals surface area contributed by atoms with Crippen LogP contribution in [-0.4, -0.2) is 34.1 Å². The zero-order valence-corrected chi connectivity index (χ0v) is 20.3. The first kappa shape index (κ1) is 22.9. The van der Waals surface area contributed by atoms with E-state index in [4.69, 9.17) is 14.9 Å². The van der Waals surface area contributed by atoms with Gasteiger partial charge in [-0.15, -0.1) is 0 Å². The largest absolute Gasteiger partial charge is 0.493 e. The lowest BCUT2D eigenvalue weighted by molar-refractivity contribution is -0.114. The maximum absolute atomic E-state index is 12.7. The fraction of sp³-hybridized carbons (Fsp3) is 0.185. The number of carbonyl (C=O) groups is 1.